The number of pyridine rings is 1. The van der Waals surface area contributed by atoms with Crippen LogP contribution in [-0.2, 0) is 29.1 Å². The molecule has 198 valence electrons. The van der Waals surface area contributed by atoms with Crippen molar-refractivity contribution < 1.29 is 4.21 Å². The summed E-state index contributed by atoms with van der Waals surface area (Å²) in [7, 11) is 1.91. The number of allylic oxidation sites excluding steroid dienone is 1. The summed E-state index contributed by atoms with van der Waals surface area (Å²) < 4.78 is 19.9. The molecule has 2 aromatic carbocycles. The summed E-state index contributed by atoms with van der Waals surface area (Å²) in [6.45, 7) is 4.14. The number of rotatable bonds is 7. The third-order valence-corrected chi connectivity index (χ3v) is 7.54. The van der Waals surface area contributed by atoms with E-state index >= 15 is 0 Å². The predicted molar refractivity (Wildman–Crippen MR) is 157 cm³/mol. The molecule has 1 N–H and O–H groups in total. The Kier molecular flexibility index (Phi) is 6.98. The molecule has 4 aromatic rings. The maximum Gasteiger partial charge on any atom is 0.275 e. The van der Waals surface area contributed by atoms with Gasteiger partial charge < -0.3 is 10.2 Å². The van der Waals surface area contributed by atoms with Crippen molar-refractivity contribution in [3.05, 3.63) is 88.7 Å². The number of aryl methyl sites for hydroxylation is 1. The first-order chi connectivity index (χ1) is 18.1. The van der Waals surface area contributed by atoms with Crippen LogP contribution in [0.25, 0.3) is 16.7 Å². The van der Waals surface area contributed by atoms with Crippen molar-refractivity contribution in [3.8, 4) is 5.82 Å². The maximum atomic E-state index is 13.3. The van der Waals surface area contributed by atoms with Gasteiger partial charge in [-0.15, -0.1) is 6.58 Å². The summed E-state index contributed by atoms with van der Waals surface area (Å²) in [5.74, 6) is 0.877. The first kappa shape index (κ1) is 25.9. The summed E-state index contributed by atoms with van der Waals surface area (Å²) in [5.41, 5.74) is 5.27. The molecule has 1 aliphatic carbocycles. The monoisotopic (exact) mass is 530 g/mol. The van der Waals surface area contributed by atoms with Crippen molar-refractivity contribution in [2.75, 3.05) is 31.9 Å². The van der Waals surface area contributed by atoms with Gasteiger partial charge in [-0.1, -0.05) is 18.2 Å². The number of nitrogens with one attached hydrogen (secondary N) is 1. The lowest BCUT2D eigenvalue weighted by atomic mass is 9.87. The quantitative estimate of drug-likeness (QED) is 0.344. The number of likely N-dealkylation sites (N-methyl/N-ethyl adjacent to an activating group) is 1. The lowest BCUT2D eigenvalue weighted by molar-refractivity contribution is 0.268. The molecule has 8 nitrogen and oxygen atoms in total. The molecule has 38 heavy (non-hydrogen) atoms. The van der Waals surface area contributed by atoms with Crippen LogP contribution in [0.3, 0.4) is 0 Å². The van der Waals surface area contributed by atoms with Gasteiger partial charge in [0.15, 0.2) is 11.6 Å². The minimum absolute atomic E-state index is 0.130. The maximum absolute atomic E-state index is 13.3. The van der Waals surface area contributed by atoms with E-state index < -0.39 is 9.73 Å². The Balaban J connectivity index is 1.55. The van der Waals surface area contributed by atoms with Gasteiger partial charge in [-0.2, -0.15) is 4.36 Å². The van der Waals surface area contributed by atoms with Crippen molar-refractivity contribution in [2.45, 2.75) is 31.8 Å². The first-order valence-corrected chi connectivity index (χ1v) is 15.0. The van der Waals surface area contributed by atoms with Gasteiger partial charge in [0, 0.05) is 39.7 Å². The van der Waals surface area contributed by atoms with Crippen LogP contribution < -0.4 is 10.9 Å². The fourth-order valence-electron chi connectivity index (χ4n) is 5.09. The molecule has 2 aromatic heterocycles. The summed E-state index contributed by atoms with van der Waals surface area (Å²) in [5, 5.41) is 4.11. The van der Waals surface area contributed by atoms with Crippen molar-refractivity contribution in [3.63, 3.8) is 0 Å². The SMILES string of the molecule is C=CCn1c(=O)c2ccc(Nc3ccc4c(c3)CCC(N(C)C)C4)cc2n1-c1cccc(N=S(C)(C)=O)n1. The van der Waals surface area contributed by atoms with Gasteiger partial charge in [0.05, 0.1) is 17.4 Å². The Morgan fingerprint density at radius 3 is 2.63 bits per heavy atom. The molecule has 0 aliphatic heterocycles. The van der Waals surface area contributed by atoms with E-state index in [1.807, 2.05) is 24.3 Å². The van der Waals surface area contributed by atoms with Crippen LogP contribution in [0.4, 0.5) is 17.2 Å². The lowest BCUT2D eigenvalue weighted by Gasteiger charge is -2.30. The van der Waals surface area contributed by atoms with Gasteiger partial charge in [0.1, 0.15) is 0 Å². The van der Waals surface area contributed by atoms with Crippen LogP contribution in [0.1, 0.15) is 17.5 Å². The molecule has 0 fully saturated rings. The van der Waals surface area contributed by atoms with E-state index in [2.05, 4.69) is 58.4 Å². The van der Waals surface area contributed by atoms with Crippen molar-refractivity contribution in [1.29, 1.82) is 0 Å². The van der Waals surface area contributed by atoms with Crippen molar-refractivity contribution in [1.82, 2.24) is 19.2 Å². The van der Waals surface area contributed by atoms with Crippen molar-refractivity contribution in [2.24, 2.45) is 4.36 Å². The van der Waals surface area contributed by atoms with E-state index in [4.69, 9.17) is 0 Å². The van der Waals surface area contributed by atoms with Crippen molar-refractivity contribution >= 4 is 37.8 Å². The molecule has 0 amide bonds. The van der Waals surface area contributed by atoms with Gasteiger partial charge in [-0.05, 0) is 86.9 Å². The molecule has 0 saturated carbocycles. The van der Waals surface area contributed by atoms with Gasteiger partial charge in [-0.25, -0.2) is 18.6 Å². The number of hydrogen-bond acceptors (Lipinski definition) is 6. The second kappa shape index (κ2) is 10.2. The van der Waals surface area contributed by atoms with E-state index in [0.717, 1.165) is 30.6 Å². The molecule has 9 heteroatoms. The topological polar surface area (TPSA) is 84.5 Å². The van der Waals surface area contributed by atoms with E-state index in [0.29, 0.717) is 35.1 Å². The molecule has 1 unspecified atom stereocenters. The van der Waals surface area contributed by atoms with Crippen LogP contribution >= 0.6 is 0 Å². The molecular weight excluding hydrogens is 496 g/mol. The summed E-state index contributed by atoms with van der Waals surface area (Å²) >= 11 is 0. The molecule has 5 rings (SSSR count). The average molecular weight is 531 g/mol. The molecular formula is C29H34N6O2S. The Bertz CT molecular complexity index is 1700. The number of fused-ring (bicyclic) bond motifs is 2. The molecule has 1 aliphatic rings. The van der Waals surface area contributed by atoms with Crippen LogP contribution in [0.15, 0.2) is 76.4 Å². The highest BCUT2D eigenvalue weighted by Crippen LogP contribution is 2.29. The number of hydrogen-bond donors (Lipinski definition) is 1. The fraction of sp³-hybridized carbons (Fsp3) is 0.310. The fourth-order valence-corrected chi connectivity index (χ4v) is 5.64. The second-order valence-corrected chi connectivity index (χ2v) is 12.9. The van der Waals surface area contributed by atoms with Gasteiger partial charge in [-0.3, -0.25) is 4.79 Å². The Hall–Kier alpha value is -3.69. The summed E-state index contributed by atoms with van der Waals surface area (Å²) in [6, 6.07) is 18.2. The molecule has 2 heterocycles. The number of nitrogens with zero attached hydrogens (tertiary/aromatic N) is 5. The van der Waals surface area contributed by atoms with Crippen LogP contribution in [-0.4, -0.2) is 56.1 Å². The summed E-state index contributed by atoms with van der Waals surface area (Å²) in [6.07, 6.45) is 8.11. The zero-order valence-electron chi connectivity index (χ0n) is 22.3. The summed E-state index contributed by atoms with van der Waals surface area (Å²) in [4.78, 5) is 20.2. The van der Waals surface area contributed by atoms with Crippen LogP contribution in [0.2, 0.25) is 0 Å². The van der Waals surface area contributed by atoms with E-state index in [1.54, 1.807) is 40.1 Å². The highest BCUT2D eigenvalue weighted by atomic mass is 32.2. The number of anilines is 2. The molecule has 0 bridgehead atoms. The minimum atomic E-state index is -2.38. The van der Waals surface area contributed by atoms with Crippen LogP contribution in [0.5, 0.6) is 0 Å². The van der Waals surface area contributed by atoms with E-state index in [-0.39, 0.29) is 5.56 Å². The van der Waals surface area contributed by atoms with Gasteiger partial charge in [0.2, 0.25) is 0 Å². The third-order valence-electron chi connectivity index (χ3n) is 6.91. The molecule has 0 saturated heterocycles. The Morgan fingerprint density at radius 2 is 1.89 bits per heavy atom. The Labute approximate surface area is 223 Å². The third kappa shape index (κ3) is 5.30. The molecule has 1 atom stereocenters. The first-order valence-electron chi connectivity index (χ1n) is 12.7. The van der Waals surface area contributed by atoms with E-state index in [9.17, 15) is 9.00 Å². The molecule has 0 spiro atoms. The Morgan fingerprint density at radius 1 is 1.13 bits per heavy atom. The highest BCUT2D eigenvalue weighted by molar-refractivity contribution is 7.92. The van der Waals surface area contributed by atoms with Crippen LogP contribution in [0, 0.1) is 0 Å². The highest BCUT2D eigenvalue weighted by Gasteiger charge is 2.21. The average Bonchev–Trinajstić information content (AvgIpc) is 3.13. The normalized spacial score (nSPS) is 15.4. The largest absolute Gasteiger partial charge is 0.355 e. The second-order valence-electron chi connectivity index (χ2n) is 10.3. The zero-order chi connectivity index (χ0) is 27.0. The number of aromatic nitrogens is 3. The van der Waals surface area contributed by atoms with Gasteiger partial charge >= 0.3 is 0 Å². The predicted octanol–water partition coefficient (Wildman–Crippen LogP) is 4.89. The lowest BCUT2D eigenvalue weighted by Crippen LogP contribution is -2.33. The van der Waals surface area contributed by atoms with Gasteiger partial charge in [0.25, 0.3) is 5.56 Å². The molecule has 0 radical (unpaired) electrons. The van der Waals surface area contributed by atoms with E-state index in [1.165, 1.54) is 11.1 Å². The smallest absolute Gasteiger partial charge is 0.275 e. The number of benzene rings is 2. The minimum Gasteiger partial charge on any atom is -0.355 e. The zero-order valence-corrected chi connectivity index (χ0v) is 23.2. The standard InChI is InChI=1S/C29H34N6O2S/c1-6-16-34-29(36)25-15-13-23(30-22-12-10-21-18-24(33(2)3)14-11-20(21)17-22)19-26(25)35(34)28-9-7-8-27(31-28)32-38(4,5)37/h6-10,12-13,15,17,19,24,30H,1,11,14,16,18H2,2-5H3.